The summed E-state index contributed by atoms with van der Waals surface area (Å²) in [5.41, 5.74) is 3.43. The molecule has 3 rings (SSSR count). The van der Waals surface area contributed by atoms with Crippen LogP contribution < -0.4 is 0 Å². The summed E-state index contributed by atoms with van der Waals surface area (Å²) in [6, 6.07) is 13.6. The monoisotopic (exact) mass is 296 g/mol. The summed E-state index contributed by atoms with van der Waals surface area (Å²) in [6.45, 7) is 1.95. The molecule has 2 N–H and O–H groups in total. The van der Waals surface area contributed by atoms with Crippen LogP contribution in [0.2, 0.25) is 0 Å². The minimum Gasteiger partial charge on any atom is -0.507 e. The van der Waals surface area contributed by atoms with Crippen LogP contribution in [0, 0.1) is 6.92 Å². The molecule has 2 aromatic carbocycles. The summed E-state index contributed by atoms with van der Waals surface area (Å²) in [7, 11) is 0. The van der Waals surface area contributed by atoms with Crippen LogP contribution in [-0.2, 0) is 0 Å². The molecule has 1 saturated carbocycles. The standard InChI is InChI=1S/C20H24O2/c1-14-12-13-17(15-8-4-2-5-9-15)20(22)18(14)19(21)16-10-6-3-7-11-16/h3,6-7,10-13,15,19,21-22H,2,4-5,8-9H2,1H3. The molecule has 22 heavy (non-hydrogen) atoms. The molecule has 116 valence electrons. The first-order valence-electron chi connectivity index (χ1n) is 8.24. The second-order valence-corrected chi connectivity index (χ2v) is 6.38. The third-order valence-electron chi connectivity index (χ3n) is 4.90. The summed E-state index contributed by atoms with van der Waals surface area (Å²) in [5.74, 6) is 0.722. The van der Waals surface area contributed by atoms with Crippen LogP contribution in [0.3, 0.4) is 0 Å². The molecule has 0 bridgehead atoms. The molecule has 0 aromatic heterocycles. The Bertz CT molecular complexity index is 628. The van der Waals surface area contributed by atoms with E-state index in [0.29, 0.717) is 17.2 Å². The van der Waals surface area contributed by atoms with Crippen LogP contribution in [0.15, 0.2) is 42.5 Å². The number of phenolic OH excluding ortho intramolecular Hbond substituents is 1. The summed E-state index contributed by atoms with van der Waals surface area (Å²) in [4.78, 5) is 0. The average Bonchev–Trinajstić information content (AvgIpc) is 2.56. The van der Waals surface area contributed by atoms with E-state index in [1.807, 2.05) is 49.4 Å². The van der Waals surface area contributed by atoms with Gasteiger partial charge in [-0.25, -0.2) is 0 Å². The van der Waals surface area contributed by atoms with Gasteiger partial charge in [-0.05, 0) is 42.4 Å². The zero-order valence-corrected chi connectivity index (χ0v) is 13.1. The summed E-state index contributed by atoms with van der Waals surface area (Å²) in [6.07, 6.45) is 5.26. The van der Waals surface area contributed by atoms with Crippen molar-refractivity contribution in [3.05, 3.63) is 64.7 Å². The molecule has 1 unspecified atom stereocenters. The molecule has 0 radical (unpaired) electrons. The smallest absolute Gasteiger partial charge is 0.125 e. The summed E-state index contributed by atoms with van der Waals surface area (Å²) < 4.78 is 0. The molecule has 1 fully saturated rings. The third kappa shape index (κ3) is 2.89. The zero-order valence-electron chi connectivity index (χ0n) is 13.1. The van der Waals surface area contributed by atoms with Gasteiger partial charge in [0.15, 0.2) is 0 Å². The van der Waals surface area contributed by atoms with Gasteiger partial charge in [0, 0.05) is 5.56 Å². The van der Waals surface area contributed by atoms with E-state index in [1.54, 1.807) is 0 Å². The van der Waals surface area contributed by atoms with Gasteiger partial charge in [0.2, 0.25) is 0 Å². The number of aliphatic hydroxyl groups excluding tert-OH is 1. The van der Waals surface area contributed by atoms with E-state index < -0.39 is 6.10 Å². The molecule has 0 aliphatic heterocycles. The van der Waals surface area contributed by atoms with Gasteiger partial charge in [0.05, 0.1) is 0 Å². The van der Waals surface area contributed by atoms with Crippen molar-refractivity contribution < 1.29 is 10.2 Å². The van der Waals surface area contributed by atoms with Gasteiger partial charge >= 0.3 is 0 Å². The molecule has 2 heteroatoms. The number of phenols is 1. The van der Waals surface area contributed by atoms with Crippen molar-refractivity contribution in [2.24, 2.45) is 0 Å². The molecule has 0 spiro atoms. The van der Waals surface area contributed by atoms with Crippen LogP contribution >= 0.6 is 0 Å². The van der Waals surface area contributed by atoms with E-state index in [9.17, 15) is 10.2 Å². The lowest BCUT2D eigenvalue weighted by Gasteiger charge is -2.25. The maximum absolute atomic E-state index is 10.8. The maximum atomic E-state index is 10.8. The summed E-state index contributed by atoms with van der Waals surface area (Å²) in [5, 5.41) is 21.5. The van der Waals surface area contributed by atoms with E-state index in [4.69, 9.17) is 0 Å². The Labute approximate surface area is 132 Å². The highest BCUT2D eigenvalue weighted by molar-refractivity contribution is 5.50. The van der Waals surface area contributed by atoms with Gasteiger partial charge in [-0.3, -0.25) is 0 Å². The van der Waals surface area contributed by atoms with Gasteiger partial charge in [-0.2, -0.15) is 0 Å². The first-order chi connectivity index (χ1) is 10.7. The predicted octanol–water partition coefficient (Wildman–Crippen LogP) is 4.83. The first-order valence-corrected chi connectivity index (χ1v) is 8.24. The molecule has 1 atom stereocenters. The van der Waals surface area contributed by atoms with Crippen molar-refractivity contribution in [3.63, 3.8) is 0 Å². The minimum atomic E-state index is -0.773. The lowest BCUT2D eigenvalue weighted by molar-refractivity contribution is 0.214. The normalized spacial score (nSPS) is 17.4. The number of hydrogen-bond acceptors (Lipinski definition) is 2. The van der Waals surface area contributed by atoms with Crippen molar-refractivity contribution >= 4 is 0 Å². The Morgan fingerprint density at radius 2 is 1.64 bits per heavy atom. The highest BCUT2D eigenvalue weighted by atomic mass is 16.3. The van der Waals surface area contributed by atoms with Crippen LogP contribution in [-0.4, -0.2) is 10.2 Å². The molecular weight excluding hydrogens is 272 g/mol. The van der Waals surface area contributed by atoms with E-state index in [-0.39, 0.29) is 0 Å². The highest BCUT2D eigenvalue weighted by Crippen LogP contribution is 2.42. The maximum Gasteiger partial charge on any atom is 0.125 e. The average molecular weight is 296 g/mol. The molecule has 1 aliphatic carbocycles. The lowest BCUT2D eigenvalue weighted by Crippen LogP contribution is -2.08. The van der Waals surface area contributed by atoms with Crippen molar-refractivity contribution in [2.75, 3.05) is 0 Å². The SMILES string of the molecule is Cc1ccc(C2CCCCC2)c(O)c1C(O)c1ccccc1. The first kappa shape index (κ1) is 15.1. The number of rotatable bonds is 3. The number of aromatic hydroxyl groups is 1. The van der Waals surface area contributed by atoms with Crippen molar-refractivity contribution in [1.82, 2.24) is 0 Å². The van der Waals surface area contributed by atoms with E-state index in [1.165, 1.54) is 19.3 Å². The zero-order chi connectivity index (χ0) is 15.5. The summed E-state index contributed by atoms with van der Waals surface area (Å²) >= 11 is 0. The Morgan fingerprint density at radius 1 is 0.955 bits per heavy atom. The van der Waals surface area contributed by atoms with Crippen molar-refractivity contribution in [1.29, 1.82) is 0 Å². The van der Waals surface area contributed by atoms with Crippen LogP contribution in [0.1, 0.15) is 66.4 Å². The van der Waals surface area contributed by atoms with Crippen LogP contribution in [0.5, 0.6) is 5.75 Å². The fraction of sp³-hybridized carbons (Fsp3) is 0.400. The van der Waals surface area contributed by atoms with Gasteiger partial charge < -0.3 is 10.2 Å². The van der Waals surface area contributed by atoms with Crippen molar-refractivity contribution in [2.45, 2.75) is 51.0 Å². The predicted molar refractivity (Wildman–Crippen MR) is 89.2 cm³/mol. The van der Waals surface area contributed by atoms with Gasteiger partial charge in [-0.15, -0.1) is 0 Å². The quantitative estimate of drug-likeness (QED) is 0.851. The Morgan fingerprint density at radius 3 is 2.32 bits per heavy atom. The van der Waals surface area contributed by atoms with Gasteiger partial charge in [-0.1, -0.05) is 61.7 Å². The fourth-order valence-electron chi connectivity index (χ4n) is 3.62. The van der Waals surface area contributed by atoms with E-state index >= 15 is 0 Å². The molecule has 2 nitrogen and oxygen atoms in total. The molecule has 0 saturated heterocycles. The third-order valence-corrected chi connectivity index (χ3v) is 4.90. The van der Waals surface area contributed by atoms with E-state index in [2.05, 4.69) is 0 Å². The fourth-order valence-corrected chi connectivity index (χ4v) is 3.62. The molecular formula is C20H24O2. The largest absolute Gasteiger partial charge is 0.507 e. The van der Waals surface area contributed by atoms with E-state index in [0.717, 1.165) is 29.5 Å². The second-order valence-electron chi connectivity index (χ2n) is 6.38. The topological polar surface area (TPSA) is 40.5 Å². The number of hydrogen-bond donors (Lipinski definition) is 2. The second kappa shape index (κ2) is 6.53. The Balaban J connectivity index is 2.00. The Hall–Kier alpha value is -1.80. The Kier molecular flexibility index (Phi) is 4.49. The lowest BCUT2D eigenvalue weighted by atomic mass is 9.81. The minimum absolute atomic E-state index is 0.295. The molecule has 0 amide bonds. The molecule has 1 aliphatic rings. The molecule has 2 aromatic rings. The van der Waals surface area contributed by atoms with Crippen LogP contribution in [0.25, 0.3) is 0 Å². The van der Waals surface area contributed by atoms with Crippen LogP contribution in [0.4, 0.5) is 0 Å². The highest BCUT2D eigenvalue weighted by Gasteiger charge is 2.24. The van der Waals surface area contributed by atoms with Crippen molar-refractivity contribution in [3.8, 4) is 5.75 Å². The molecule has 0 heterocycles. The van der Waals surface area contributed by atoms with Gasteiger partial charge in [0.25, 0.3) is 0 Å². The number of benzene rings is 2. The number of aliphatic hydroxyl groups is 1. The van der Waals surface area contributed by atoms with Gasteiger partial charge in [0.1, 0.15) is 11.9 Å². The number of aryl methyl sites for hydroxylation is 1.